The lowest BCUT2D eigenvalue weighted by molar-refractivity contribution is -0.338. The summed E-state index contributed by atoms with van der Waals surface area (Å²) in [4.78, 5) is 60.0. The van der Waals surface area contributed by atoms with Crippen LogP contribution in [0.2, 0.25) is 0 Å². The number of hydrogen-bond acceptors (Lipinski definition) is 15. The number of Topliss-reactive ketones (excluding diaryl/α,β-unsaturated/α-hetero) is 1. The van der Waals surface area contributed by atoms with E-state index in [0.29, 0.717) is 44.3 Å². The Kier molecular flexibility index (Phi) is 19.7. The number of aliphatic hydroxyl groups excluding tert-OH is 5. The summed E-state index contributed by atoms with van der Waals surface area (Å²) >= 11 is 0. The molecule has 0 spiro atoms. The first-order valence-corrected chi connectivity index (χ1v) is 24.6. The van der Waals surface area contributed by atoms with Gasteiger partial charge in [-0.15, -0.1) is 0 Å². The van der Waals surface area contributed by atoms with E-state index in [1.807, 2.05) is 13.0 Å². The molecule has 1 aromatic heterocycles. The average molecular weight is 933 g/mol. The first-order valence-electron chi connectivity index (χ1n) is 24.6. The van der Waals surface area contributed by atoms with Gasteiger partial charge in [-0.3, -0.25) is 24.2 Å². The van der Waals surface area contributed by atoms with Gasteiger partial charge in [0.25, 0.3) is 11.8 Å². The number of ketones is 1. The van der Waals surface area contributed by atoms with Gasteiger partial charge in [-0.05, 0) is 75.3 Å². The number of rotatable bonds is 21. The van der Waals surface area contributed by atoms with Crippen LogP contribution in [0.4, 0.5) is 0 Å². The van der Waals surface area contributed by atoms with Crippen LogP contribution >= 0.6 is 0 Å². The van der Waals surface area contributed by atoms with Crippen LogP contribution in [0.5, 0.6) is 0 Å². The van der Waals surface area contributed by atoms with E-state index in [4.69, 9.17) is 23.7 Å². The molecule has 372 valence electrons. The first kappa shape index (κ1) is 52.2. The number of carbonyl (C=O) groups is 4. The van der Waals surface area contributed by atoms with Crippen molar-refractivity contribution in [2.75, 3.05) is 26.2 Å². The molecule has 6 unspecified atom stereocenters. The van der Waals surface area contributed by atoms with Gasteiger partial charge in [-0.2, -0.15) is 0 Å². The summed E-state index contributed by atoms with van der Waals surface area (Å²) in [5.74, 6) is -1.73. The van der Waals surface area contributed by atoms with Crippen LogP contribution < -0.4 is 10.6 Å². The molecule has 3 amide bonds. The lowest BCUT2D eigenvalue weighted by Gasteiger charge is -2.49. The molecule has 66 heavy (non-hydrogen) atoms. The van der Waals surface area contributed by atoms with E-state index >= 15 is 0 Å². The quantitative estimate of drug-likeness (QED) is 0.0872. The zero-order chi connectivity index (χ0) is 47.5. The van der Waals surface area contributed by atoms with Gasteiger partial charge < -0.3 is 64.8 Å². The summed E-state index contributed by atoms with van der Waals surface area (Å²) in [5.41, 5.74) is 1.44. The van der Waals surface area contributed by atoms with Crippen LogP contribution in [-0.4, -0.2) is 165 Å². The van der Waals surface area contributed by atoms with Gasteiger partial charge in [0.15, 0.2) is 12.6 Å². The van der Waals surface area contributed by atoms with E-state index in [2.05, 4.69) is 22.5 Å². The Bertz CT molecular complexity index is 1730. The monoisotopic (exact) mass is 933 g/mol. The molecule has 3 saturated heterocycles. The number of aliphatic hydroxyl groups is 5. The average Bonchev–Trinajstić information content (AvgIpc) is 3.29. The van der Waals surface area contributed by atoms with Crippen molar-refractivity contribution in [2.45, 2.75) is 204 Å². The lowest BCUT2D eigenvalue weighted by Crippen LogP contribution is -2.67. The minimum Gasteiger partial charge on any atom is -0.394 e. The molecule has 5 fully saturated rings. The third kappa shape index (κ3) is 13.3. The summed E-state index contributed by atoms with van der Waals surface area (Å²) in [6, 6.07) is 0.637. The van der Waals surface area contributed by atoms with Crippen molar-refractivity contribution >= 4 is 23.5 Å². The molecule has 2 saturated carbocycles. The van der Waals surface area contributed by atoms with Gasteiger partial charge in [-0.25, -0.2) is 0 Å². The van der Waals surface area contributed by atoms with Crippen LogP contribution in [0.25, 0.3) is 0 Å². The van der Waals surface area contributed by atoms with Gasteiger partial charge in [0.1, 0.15) is 54.6 Å². The van der Waals surface area contributed by atoms with Crippen molar-refractivity contribution in [2.24, 2.45) is 17.8 Å². The van der Waals surface area contributed by atoms with Crippen LogP contribution in [0.1, 0.15) is 134 Å². The number of nitrogens with one attached hydrogen (secondary N) is 2. The number of aryl methyl sites for hydroxylation is 1. The highest BCUT2D eigenvalue weighted by Gasteiger charge is 2.53. The summed E-state index contributed by atoms with van der Waals surface area (Å²) < 4.78 is 32.1. The summed E-state index contributed by atoms with van der Waals surface area (Å²) in [6.07, 6.45) is -1.09. The zero-order valence-electron chi connectivity index (χ0n) is 39.2. The highest BCUT2D eigenvalue weighted by Crippen LogP contribution is 2.41. The van der Waals surface area contributed by atoms with E-state index in [1.54, 1.807) is 18.0 Å². The van der Waals surface area contributed by atoms with Crippen molar-refractivity contribution in [1.82, 2.24) is 20.5 Å². The highest BCUT2D eigenvalue weighted by atomic mass is 16.7. The Balaban J connectivity index is 1.23. The fourth-order valence-corrected chi connectivity index (χ4v) is 10.3. The Hall–Kier alpha value is -3.17. The number of amides is 3. The Labute approximate surface area is 388 Å². The largest absolute Gasteiger partial charge is 0.394 e. The van der Waals surface area contributed by atoms with Crippen molar-refractivity contribution < 1.29 is 68.4 Å². The Morgan fingerprint density at radius 1 is 0.894 bits per heavy atom. The van der Waals surface area contributed by atoms with Gasteiger partial charge in [0, 0.05) is 51.3 Å². The second kappa shape index (κ2) is 24.9. The number of carbonyl (C=O) groups excluding carboxylic acids is 4. The van der Waals surface area contributed by atoms with Crippen LogP contribution in [-0.2, 0) is 44.5 Å². The van der Waals surface area contributed by atoms with Crippen LogP contribution in [0.15, 0.2) is 18.5 Å². The molecular weight excluding hydrogens is 857 g/mol. The molecule has 0 bridgehead atoms. The van der Waals surface area contributed by atoms with E-state index in [9.17, 15) is 44.7 Å². The molecular formula is C48H76N4O14. The summed E-state index contributed by atoms with van der Waals surface area (Å²) in [7, 11) is 0. The molecule has 18 heteroatoms. The zero-order valence-corrected chi connectivity index (χ0v) is 39.2. The molecule has 5 aliphatic rings. The van der Waals surface area contributed by atoms with E-state index < -0.39 is 98.1 Å². The minimum absolute atomic E-state index is 0.0676. The van der Waals surface area contributed by atoms with Crippen LogP contribution in [0.3, 0.4) is 0 Å². The molecule has 0 radical (unpaired) electrons. The molecule has 0 aromatic carbocycles. The predicted octanol–water partition coefficient (Wildman–Crippen LogP) is 2.08. The van der Waals surface area contributed by atoms with Crippen molar-refractivity contribution in [3.8, 4) is 0 Å². The second-order valence-corrected chi connectivity index (χ2v) is 19.3. The maximum absolute atomic E-state index is 14.1. The number of aromatic nitrogens is 1. The van der Waals surface area contributed by atoms with Gasteiger partial charge in [0.2, 0.25) is 5.91 Å². The number of hydrogen-bond donors (Lipinski definition) is 7. The lowest BCUT2D eigenvalue weighted by atomic mass is 9.74. The first-order chi connectivity index (χ1) is 31.7. The van der Waals surface area contributed by atoms with E-state index in [-0.39, 0.29) is 48.8 Å². The maximum atomic E-state index is 14.1. The fourth-order valence-electron chi connectivity index (χ4n) is 10.3. The SMILES string of the molecule is CCCCc1cncc(C(=O)NCCCC(=O)C2CC(CC)[C@@H](O[C@@H]3OC(C)[C@@H](O)[C@H](O)C3O)[C@H](O[C@@H]3O[C@@H](CO)[C@H](O)C(O[C@@H](CC4CCCCC4)C(=O)N4CCC4)C3NC(C)=O)C2)c1. The number of nitrogens with zero attached hydrogens (tertiary/aromatic N) is 2. The minimum atomic E-state index is -1.63. The molecule has 18 nitrogen and oxygen atoms in total. The van der Waals surface area contributed by atoms with E-state index in [0.717, 1.165) is 63.4 Å². The van der Waals surface area contributed by atoms with Gasteiger partial charge in [0.05, 0.1) is 30.5 Å². The van der Waals surface area contributed by atoms with Crippen LogP contribution in [0, 0.1) is 17.8 Å². The van der Waals surface area contributed by atoms with Gasteiger partial charge in [-0.1, -0.05) is 58.8 Å². The van der Waals surface area contributed by atoms with Crippen molar-refractivity contribution in [3.05, 3.63) is 29.6 Å². The molecule has 2 aliphatic carbocycles. The smallest absolute Gasteiger partial charge is 0.252 e. The highest BCUT2D eigenvalue weighted by molar-refractivity contribution is 5.94. The maximum Gasteiger partial charge on any atom is 0.252 e. The second-order valence-electron chi connectivity index (χ2n) is 19.3. The summed E-state index contributed by atoms with van der Waals surface area (Å²) in [6.45, 7) is 7.66. The Morgan fingerprint density at radius 2 is 1.65 bits per heavy atom. The predicted molar refractivity (Wildman–Crippen MR) is 238 cm³/mol. The molecule has 3 aliphatic heterocycles. The number of likely N-dealkylation sites (tertiary alicyclic amines) is 1. The molecule has 15 atom stereocenters. The third-order valence-corrected chi connectivity index (χ3v) is 14.3. The third-order valence-electron chi connectivity index (χ3n) is 14.3. The standard InChI is InChI=1S/C48H76N4O14/c1-5-7-13-30-20-33(25-49-24-30)45(60)50-17-11-16-34(55)32-22-31(6-2)43(66-48-42(59)41(58)39(56)27(3)62-48)35(23-32)64-47-38(51-28(4)54)44(40(57)37(26-53)65-47)63-36(46(61)52-18-12-19-52)21-29-14-9-8-10-15-29/h20,24-25,27,29,31-32,35-44,47-48,53,56-59H,5-19,21-23,26H2,1-4H3,(H,50,60)(H,51,54)/t27?,31?,32?,35-,36+,37+,38?,39-,40+,41+,42?,43-,44?,47-,48+/m1/s1. The summed E-state index contributed by atoms with van der Waals surface area (Å²) in [5, 5.41) is 60.3. The molecule has 1 aromatic rings. The molecule has 4 heterocycles. The van der Waals surface area contributed by atoms with E-state index in [1.165, 1.54) is 13.1 Å². The number of ether oxygens (including phenoxy) is 5. The van der Waals surface area contributed by atoms with Crippen molar-refractivity contribution in [3.63, 3.8) is 0 Å². The topological polar surface area (TPSA) is 256 Å². The Morgan fingerprint density at radius 3 is 2.32 bits per heavy atom. The molecule has 7 N–H and O–H groups in total. The number of pyridine rings is 1. The van der Waals surface area contributed by atoms with Crippen molar-refractivity contribution in [1.29, 1.82) is 0 Å². The van der Waals surface area contributed by atoms with Gasteiger partial charge >= 0.3 is 0 Å². The normalized spacial score (nSPS) is 34.5. The number of unbranched alkanes of at least 4 members (excludes halogenated alkanes) is 1. The molecule has 6 rings (SSSR count). The fraction of sp³-hybridized carbons (Fsp3) is 0.812.